The van der Waals surface area contributed by atoms with Crippen molar-refractivity contribution >= 4 is 23.4 Å². The Balaban J connectivity index is 1.80. The van der Waals surface area contributed by atoms with Gasteiger partial charge in [-0.25, -0.2) is 0 Å². The summed E-state index contributed by atoms with van der Waals surface area (Å²) in [5.41, 5.74) is 0.511. The summed E-state index contributed by atoms with van der Waals surface area (Å²) < 4.78 is 30.4. The normalized spacial score (nSPS) is 10.9. The smallest absolute Gasteiger partial charge is 0.387 e. The van der Waals surface area contributed by atoms with Crippen LogP contribution < -0.4 is 10.1 Å². The predicted molar refractivity (Wildman–Crippen MR) is 92.0 cm³/mol. The highest BCUT2D eigenvalue weighted by Gasteiger charge is 2.09. The molecule has 25 heavy (non-hydrogen) atoms. The number of alkyl halides is 2. The highest BCUT2D eigenvalue weighted by atomic mass is 32.2. The van der Waals surface area contributed by atoms with Crippen molar-refractivity contribution in [3.63, 3.8) is 0 Å². The highest BCUT2D eigenvalue weighted by molar-refractivity contribution is 7.99. The largest absolute Gasteiger partial charge is 0.435 e. The highest BCUT2D eigenvalue weighted by Crippen LogP contribution is 2.19. The molecule has 2 rings (SSSR count). The third kappa shape index (κ3) is 6.69. The van der Waals surface area contributed by atoms with E-state index in [-0.39, 0.29) is 17.4 Å². The van der Waals surface area contributed by atoms with E-state index >= 15 is 0 Å². The summed E-state index contributed by atoms with van der Waals surface area (Å²) in [5, 5.41) is 11.3. The zero-order chi connectivity index (χ0) is 18.1. The second-order valence-electron chi connectivity index (χ2n) is 5.25. The number of aromatic nitrogens is 3. The van der Waals surface area contributed by atoms with Crippen LogP contribution in [-0.4, -0.2) is 33.0 Å². The van der Waals surface area contributed by atoms with Crippen LogP contribution >= 0.6 is 11.8 Å². The lowest BCUT2D eigenvalue weighted by Crippen LogP contribution is -2.14. The Kier molecular flexibility index (Phi) is 7.65. The van der Waals surface area contributed by atoms with Crippen LogP contribution in [0.1, 0.15) is 26.2 Å². The number of amides is 1. The van der Waals surface area contributed by atoms with Gasteiger partial charge < -0.3 is 14.6 Å². The molecular weight excluding hydrogens is 350 g/mol. The second kappa shape index (κ2) is 9.97. The van der Waals surface area contributed by atoms with Crippen LogP contribution in [0.25, 0.3) is 0 Å². The summed E-state index contributed by atoms with van der Waals surface area (Å²) in [6.07, 6.45) is 4.97. The second-order valence-corrected chi connectivity index (χ2v) is 6.20. The van der Waals surface area contributed by atoms with Gasteiger partial charge in [0.2, 0.25) is 5.91 Å². The molecule has 0 aliphatic carbocycles. The molecule has 1 heterocycles. The molecule has 9 heteroatoms. The van der Waals surface area contributed by atoms with Gasteiger partial charge in [-0.2, -0.15) is 8.78 Å². The molecule has 0 unspecified atom stereocenters. The number of nitrogens with zero attached hydrogens (tertiary/aromatic N) is 3. The Morgan fingerprint density at radius 1 is 1.32 bits per heavy atom. The maximum Gasteiger partial charge on any atom is 0.387 e. The van der Waals surface area contributed by atoms with Crippen molar-refractivity contribution < 1.29 is 18.3 Å². The molecule has 1 aromatic heterocycles. The molecule has 0 aliphatic heterocycles. The molecule has 0 saturated heterocycles. The first-order valence-corrected chi connectivity index (χ1v) is 8.92. The van der Waals surface area contributed by atoms with Gasteiger partial charge in [-0.15, -0.1) is 10.2 Å². The van der Waals surface area contributed by atoms with Gasteiger partial charge in [0.05, 0.1) is 5.75 Å². The van der Waals surface area contributed by atoms with Crippen LogP contribution in [0.2, 0.25) is 0 Å². The number of carbonyl (C=O) groups excluding carboxylic acids is 1. The number of hydrogen-bond acceptors (Lipinski definition) is 5. The van der Waals surface area contributed by atoms with Gasteiger partial charge in [0, 0.05) is 12.2 Å². The fourth-order valence-electron chi connectivity index (χ4n) is 2.09. The maximum atomic E-state index is 12.1. The minimum absolute atomic E-state index is 0.0440. The fourth-order valence-corrected chi connectivity index (χ4v) is 2.83. The summed E-state index contributed by atoms with van der Waals surface area (Å²) in [4.78, 5) is 12.0. The first-order chi connectivity index (χ1) is 12.1. The molecule has 0 bridgehead atoms. The van der Waals surface area contributed by atoms with E-state index in [0.717, 1.165) is 25.8 Å². The van der Waals surface area contributed by atoms with Crippen molar-refractivity contribution in [2.24, 2.45) is 0 Å². The summed E-state index contributed by atoms with van der Waals surface area (Å²) >= 11 is 1.30. The Morgan fingerprint density at radius 2 is 2.08 bits per heavy atom. The summed E-state index contributed by atoms with van der Waals surface area (Å²) in [5.74, 6) is 0.0140. The lowest BCUT2D eigenvalue weighted by Gasteiger charge is -2.08. The Labute approximate surface area is 149 Å². The Hall–Kier alpha value is -2.16. The van der Waals surface area contributed by atoms with E-state index < -0.39 is 6.61 Å². The quantitative estimate of drug-likeness (QED) is 0.509. The van der Waals surface area contributed by atoms with Crippen LogP contribution in [0.4, 0.5) is 14.5 Å². The zero-order valence-corrected chi connectivity index (χ0v) is 14.6. The minimum atomic E-state index is -2.87. The number of ether oxygens (including phenoxy) is 1. The topological polar surface area (TPSA) is 69.0 Å². The van der Waals surface area contributed by atoms with Gasteiger partial charge in [-0.05, 0) is 30.7 Å². The standard InChI is InChI=1S/C16H20F2N4O2S/c1-2-3-4-9-22-11-19-21-16(22)25-10-14(23)20-12-5-7-13(8-6-12)24-15(17)18/h5-8,11,15H,2-4,9-10H2,1H3,(H,20,23). The number of aryl methyl sites for hydroxylation is 1. The molecule has 0 aliphatic rings. The van der Waals surface area contributed by atoms with E-state index in [1.165, 1.54) is 36.0 Å². The van der Waals surface area contributed by atoms with Crippen molar-refractivity contribution in [1.29, 1.82) is 0 Å². The number of rotatable bonds is 10. The van der Waals surface area contributed by atoms with Crippen LogP contribution in [0.15, 0.2) is 35.7 Å². The molecule has 2 aromatic rings. The first-order valence-electron chi connectivity index (χ1n) is 7.94. The van der Waals surface area contributed by atoms with Crippen molar-refractivity contribution in [3.05, 3.63) is 30.6 Å². The molecule has 1 N–H and O–H groups in total. The van der Waals surface area contributed by atoms with Gasteiger partial charge in [-0.1, -0.05) is 31.5 Å². The van der Waals surface area contributed by atoms with Gasteiger partial charge in [0.25, 0.3) is 0 Å². The molecular formula is C16H20F2N4O2S. The molecule has 0 fully saturated rings. The van der Waals surface area contributed by atoms with Crippen LogP contribution in [-0.2, 0) is 11.3 Å². The van der Waals surface area contributed by atoms with E-state index in [2.05, 4.69) is 27.2 Å². The Morgan fingerprint density at radius 3 is 2.76 bits per heavy atom. The average molecular weight is 370 g/mol. The average Bonchev–Trinajstić information content (AvgIpc) is 3.02. The lowest BCUT2D eigenvalue weighted by atomic mass is 10.2. The van der Waals surface area contributed by atoms with E-state index in [4.69, 9.17) is 0 Å². The molecule has 0 radical (unpaired) electrons. The van der Waals surface area contributed by atoms with Crippen LogP contribution in [0.5, 0.6) is 5.75 Å². The molecule has 0 atom stereocenters. The minimum Gasteiger partial charge on any atom is -0.435 e. The van der Waals surface area contributed by atoms with E-state index in [0.29, 0.717) is 10.8 Å². The lowest BCUT2D eigenvalue weighted by molar-refractivity contribution is -0.113. The number of halogens is 2. The van der Waals surface area contributed by atoms with Crippen molar-refractivity contribution in [3.8, 4) is 5.75 Å². The summed E-state index contributed by atoms with van der Waals surface area (Å²) in [7, 11) is 0. The summed E-state index contributed by atoms with van der Waals surface area (Å²) in [6.45, 7) is 0.0980. The van der Waals surface area contributed by atoms with Gasteiger partial charge in [0.1, 0.15) is 12.1 Å². The summed E-state index contributed by atoms with van der Waals surface area (Å²) in [6, 6.07) is 5.76. The maximum absolute atomic E-state index is 12.1. The number of benzene rings is 1. The Bertz CT molecular complexity index is 664. The van der Waals surface area contributed by atoms with E-state index in [1.54, 1.807) is 6.33 Å². The van der Waals surface area contributed by atoms with Gasteiger partial charge in [0.15, 0.2) is 5.16 Å². The SMILES string of the molecule is CCCCCn1cnnc1SCC(=O)Nc1ccc(OC(F)F)cc1. The number of unbranched alkanes of at least 4 members (excludes halogenated alkanes) is 2. The van der Waals surface area contributed by atoms with E-state index in [1.807, 2.05) is 4.57 Å². The number of hydrogen-bond donors (Lipinski definition) is 1. The predicted octanol–water partition coefficient (Wildman–Crippen LogP) is 3.80. The van der Waals surface area contributed by atoms with Crippen LogP contribution in [0.3, 0.4) is 0 Å². The molecule has 1 aromatic carbocycles. The zero-order valence-electron chi connectivity index (χ0n) is 13.8. The molecule has 0 spiro atoms. The molecule has 6 nitrogen and oxygen atoms in total. The van der Waals surface area contributed by atoms with E-state index in [9.17, 15) is 13.6 Å². The van der Waals surface area contributed by atoms with Gasteiger partial charge in [-0.3, -0.25) is 4.79 Å². The van der Waals surface area contributed by atoms with Gasteiger partial charge >= 0.3 is 6.61 Å². The fraction of sp³-hybridized carbons (Fsp3) is 0.438. The number of nitrogens with one attached hydrogen (secondary N) is 1. The van der Waals surface area contributed by atoms with Crippen molar-refractivity contribution in [1.82, 2.24) is 14.8 Å². The van der Waals surface area contributed by atoms with Crippen molar-refractivity contribution in [2.45, 2.75) is 44.5 Å². The molecule has 136 valence electrons. The van der Waals surface area contributed by atoms with Crippen molar-refractivity contribution in [2.75, 3.05) is 11.1 Å². The molecule has 1 amide bonds. The monoisotopic (exact) mass is 370 g/mol. The molecule has 0 saturated carbocycles. The number of carbonyl (C=O) groups is 1. The van der Waals surface area contributed by atoms with Crippen LogP contribution in [0, 0.1) is 0 Å². The third-order valence-electron chi connectivity index (χ3n) is 3.28. The number of thioether (sulfide) groups is 1. The third-order valence-corrected chi connectivity index (χ3v) is 4.26. The number of anilines is 1. The first kappa shape index (κ1) is 19.2.